The van der Waals surface area contributed by atoms with Gasteiger partial charge in [0.1, 0.15) is 0 Å². The highest BCUT2D eigenvalue weighted by Crippen LogP contribution is 2.24. The van der Waals surface area contributed by atoms with Crippen LogP contribution in [0.3, 0.4) is 0 Å². The van der Waals surface area contributed by atoms with Crippen LogP contribution in [0.5, 0.6) is 0 Å². The molecule has 76 valence electrons. The Morgan fingerprint density at radius 3 is 2.36 bits per heavy atom. The average molecular weight is 216 g/mol. The van der Waals surface area contributed by atoms with Gasteiger partial charge in [-0.3, -0.25) is 0 Å². The SMILES string of the molecule is Nc1cc(C(=O)O)cc(S(=O)O)c1N. The molecule has 14 heavy (non-hydrogen) atoms. The van der Waals surface area contributed by atoms with Crippen molar-refractivity contribution in [3.05, 3.63) is 17.7 Å². The van der Waals surface area contributed by atoms with E-state index in [0.29, 0.717) is 0 Å². The summed E-state index contributed by atoms with van der Waals surface area (Å²) in [5, 5.41) is 8.63. The first-order chi connectivity index (χ1) is 6.43. The lowest BCUT2D eigenvalue weighted by atomic mass is 10.2. The number of carbonyl (C=O) groups is 1. The molecule has 1 unspecified atom stereocenters. The number of carboxylic acids is 1. The molecule has 0 bridgehead atoms. The first kappa shape index (κ1) is 10.5. The van der Waals surface area contributed by atoms with Gasteiger partial charge in [-0.25, -0.2) is 9.00 Å². The highest BCUT2D eigenvalue weighted by molar-refractivity contribution is 7.79. The van der Waals surface area contributed by atoms with Crippen molar-refractivity contribution in [2.75, 3.05) is 11.5 Å². The number of nitrogens with two attached hydrogens (primary N) is 2. The van der Waals surface area contributed by atoms with Crippen molar-refractivity contribution in [3.8, 4) is 0 Å². The van der Waals surface area contributed by atoms with E-state index in [1.54, 1.807) is 0 Å². The summed E-state index contributed by atoms with van der Waals surface area (Å²) in [6, 6.07) is 2.15. The Bertz CT molecular complexity index is 418. The van der Waals surface area contributed by atoms with Crippen molar-refractivity contribution in [1.82, 2.24) is 0 Å². The summed E-state index contributed by atoms with van der Waals surface area (Å²) in [5.41, 5.74) is 10.5. The number of benzene rings is 1. The summed E-state index contributed by atoms with van der Waals surface area (Å²) in [6.07, 6.45) is 0. The third-order valence-corrected chi connectivity index (χ3v) is 2.32. The van der Waals surface area contributed by atoms with Crippen LogP contribution in [0, 0.1) is 0 Å². The zero-order valence-corrected chi connectivity index (χ0v) is 7.75. The van der Waals surface area contributed by atoms with Crippen LogP contribution in [-0.2, 0) is 11.1 Å². The second-order valence-electron chi connectivity index (χ2n) is 2.53. The second kappa shape index (κ2) is 3.64. The van der Waals surface area contributed by atoms with Gasteiger partial charge in [-0.05, 0) is 12.1 Å². The molecule has 0 spiro atoms. The molecule has 0 saturated heterocycles. The van der Waals surface area contributed by atoms with Gasteiger partial charge in [0.15, 0.2) is 11.1 Å². The van der Waals surface area contributed by atoms with Gasteiger partial charge in [0.05, 0.1) is 21.8 Å². The van der Waals surface area contributed by atoms with E-state index in [4.69, 9.17) is 21.1 Å². The van der Waals surface area contributed by atoms with E-state index >= 15 is 0 Å². The maximum Gasteiger partial charge on any atom is 0.335 e. The van der Waals surface area contributed by atoms with Crippen molar-refractivity contribution >= 4 is 28.4 Å². The van der Waals surface area contributed by atoms with Crippen LogP contribution < -0.4 is 11.5 Å². The highest BCUT2D eigenvalue weighted by Gasteiger charge is 2.13. The van der Waals surface area contributed by atoms with Crippen LogP contribution in [-0.4, -0.2) is 19.8 Å². The van der Waals surface area contributed by atoms with Gasteiger partial charge < -0.3 is 21.1 Å². The Hall–Kier alpha value is -1.60. The summed E-state index contributed by atoms with van der Waals surface area (Å²) in [6.45, 7) is 0. The van der Waals surface area contributed by atoms with E-state index in [1.807, 2.05) is 0 Å². The maximum absolute atomic E-state index is 10.7. The fourth-order valence-electron chi connectivity index (χ4n) is 0.916. The van der Waals surface area contributed by atoms with Gasteiger partial charge in [0.2, 0.25) is 0 Å². The predicted octanol–water partition coefficient (Wildman–Crippen LogP) is 0.130. The molecule has 0 aliphatic rings. The standard InChI is InChI=1S/C7H8N2O4S/c8-4-1-3(7(10)11)2-5(6(4)9)14(12)13/h1-2H,8-9H2,(H,10,11)(H,12,13). The highest BCUT2D eigenvalue weighted by atomic mass is 32.2. The van der Waals surface area contributed by atoms with Gasteiger partial charge in [0.25, 0.3) is 0 Å². The van der Waals surface area contributed by atoms with E-state index in [1.165, 1.54) is 0 Å². The minimum atomic E-state index is -2.35. The van der Waals surface area contributed by atoms with Crippen LogP contribution >= 0.6 is 0 Å². The topological polar surface area (TPSA) is 127 Å². The van der Waals surface area contributed by atoms with Crippen molar-refractivity contribution in [2.45, 2.75) is 4.90 Å². The molecule has 0 aliphatic heterocycles. The number of carboxylic acid groups (broad SMARTS) is 1. The minimum absolute atomic E-state index is 0.0256. The normalized spacial score (nSPS) is 12.4. The molecule has 7 heteroatoms. The number of anilines is 2. The van der Waals surface area contributed by atoms with Gasteiger partial charge in [-0.1, -0.05) is 0 Å². The number of rotatable bonds is 2. The van der Waals surface area contributed by atoms with Crippen LogP contribution in [0.25, 0.3) is 0 Å². The summed E-state index contributed by atoms with van der Waals surface area (Å²) < 4.78 is 19.5. The molecule has 6 nitrogen and oxygen atoms in total. The van der Waals surface area contributed by atoms with Gasteiger partial charge in [0, 0.05) is 0 Å². The molecule has 0 aromatic heterocycles. The maximum atomic E-state index is 10.7. The van der Waals surface area contributed by atoms with Crippen LogP contribution in [0.2, 0.25) is 0 Å². The van der Waals surface area contributed by atoms with Gasteiger partial charge in [-0.15, -0.1) is 0 Å². The molecule has 1 rings (SSSR count). The van der Waals surface area contributed by atoms with Crippen LogP contribution in [0.15, 0.2) is 17.0 Å². The first-order valence-electron chi connectivity index (χ1n) is 3.46. The quantitative estimate of drug-likeness (QED) is 0.411. The lowest BCUT2D eigenvalue weighted by Gasteiger charge is -2.06. The molecule has 1 aromatic carbocycles. The van der Waals surface area contributed by atoms with E-state index in [-0.39, 0.29) is 21.8 Å². The fourth-order valence-corrected chi connectivity index (χ4v) is 1.45. The van der Waals surface area contributed by atoms with Crippen molar-refractivity contribution in [3.63, 3.8) is 0 Å². The van der Waals surface area contributed by atoms with Crippen LogP contribution in [0.1, 0.15) is 10.4 Å². The summed E-state index contributed by atoms with van der Waals surface area (Å²) in [4.78, 5) is 10.4. The van der Waals surface area contributed by atoms with Crippen LogP contribution in [0.4, 0.5) is 11.4 Å². The Labute approximate surface area is 81.8 Å². The average Bonchev–Trinajstić information content (AvgIpc) is 2.08. The van der Waals surface area contributed by atoms with E-state index in [0.717, 1.165) is 12.1 Å². The number of nitrogen functional groups attached to an aromatic ring is 2. The zero-order valence-electron chi connectivity index (χ0n) is 6.93. The number of hydrogen-bond donors (Lipinski definition) is 4. The van der Waals surface area contributed by atoms with Crippen molar-refractivity contribution in [2.24, 2.45) is 0 Å². The molecule has 0 saturated carbocycles. The molecule has 0 aliphatic carbocycles. The zero-order chi connectivity index (χ0) is 10.9. The van der Waals surface area contributed by atoms with Crippen molar-refractivity contribution < 1.29 is 18.7 Å². The number of hydrogen-bond acceptors (Lipinski definition) is 4. The van der Waals surface area contributed by atoms with E-state index in [9.17, 15) is 9.00 Å². The molecular weight excluding hydrogens is 208 g/mol. The van der Waals surface area contributed by atoms with E-state index in [2.05, 4.69) is 0 Å². The molecule has 0 fully saturated rings. The largest absolute Gasteiger partial charge is 0.478 e. The smallest absolute Gasteiger partial charge is 0.335 e. The summed E-state index contributed by atoms with van der Waals surface area (Å²) in [5.74, 6) is -1.23. The molecule has 6 N–H and O–H groups in total. The third-order valence-electron chi connectivity index (χ3n) is 1.61. The Morgan fingerprint density at radius 1 is 1.36 bits per heavy atom. The number of aromatic carboxylic acids is 1. The molecular formula is C7H8N2O4S. The third kappa shape index (κ3) is 1.83. The lowest BCUT2D eigenvalue weighted by Crippen LogP contribution is -2.06. The summed E-state index contributed by atoms with van der Waals surface area (Å²) >= 11 is -2.35. The minimum Gasteiger partial charge on any atom is -0.478 e. The summed E-state index contributed by atoms with van der Waals surface area (Å²) in [7, 11) is 0. The Balaban J connectivity index is 3.43. The lowest BCUT2D eigenvalue weighted by molar-refractivity contribution is 0.0696. The monoisotopic (exact) mass is 216 g/mol. The van der Waals surface area contributed by atoms with Gasteiger partial charge >= 0.3 is 5.97 Å². The van der Waals surface area contributed by atoms with E-state index < -0.39 is 17.0 Å². The second-order valence-corrected chi connectivity index (χ2v) is 3.47. The predicted molar refractivity (Wildman–Crippen MR) is 51.3 cm³/mol. The molecule has 0 radical (unpaired) electrons. The fraction of sp³-hybridized carbons (Fsp3) is 0. The Kier molecular flexibility index (Phi) is 2.73. The molecule has 1 atom stereocenters. The van der Waals surface area contributed by atoms with Gasteiger partial charge in [-0.2, -0.15) is 0 Å². The first-order valence-corrected chi connectivity index (χ1v) is 4.57. The Morgan fingerprint density at radius 2 is 1.93 bits per heavy atom. The molecule has 0 amide bonds. The molecule has 1 aromatic rings. The van der Waals surface area contributed by atoms with Crippen molar-refractivity contribution in [1.29, 1.82) is 0 Å². The molecule has 0 heterocycles.